The molecule has 0 fully saturated rings. The Bertz CT molecular complexity index is 649. The summed E-state index contributed by atoms with van der Waals surface area (Å²) in [4.78, 5) is 0. The highest BCUT2D eigenvalue weighted by molar-refractivity contribution is 7.94. The van der Waals surface area contributed by atoms with E-state index >= 15 is 0 Å². The van der Waals surface area contributed by atoms with Gasteiger partial charge >= 0.3 is 0 Å². The zero-order valence-corrected chi connectivity index (χ0v) is 19.6. The van der Waals surface area contributed by atoms with Crippen molar-refractivity contribution in [1.29, 1.82) is 0 Å². The Morgan fingerprint density at radius 2 is 1.69 bits per heavy atom. The summed E-state index contributed by atoms with van der Waals surface area (Å²) in [5, 5.41) is 11.8. The number of hydrogen-bond acceptors (Lipinski definition) is 6. The maximum atomic E-state index is 8.23. The van der Waals surface area contributed by atoms with Gasteiger partial charge in [-0.05, 0) is 70.1 Å². The normalized spacial score (nSPS) is 18.4. The van der Waals surface area contributed by atoms with Gasteiger partial charge in [0.1, 0.15) is 17.1 Å². The molecular formula is C23H38O5S. The third-order valence-electron chi connectivity index (χ3n) is 6.20. The fraction of sp³-hybridized carbons (Fsp3) is 0.739. The number of rotatable bonds is 13. The minimum absolute atomic E-state index is 0.0788. The molecule has 1 N–H and O–H groups in total. The van der Waals surface area contributed by atoms with Gasteiger partial charge in [0.15, 0.2) is 5.94 Å². The largest absolute Gasteiger partial charge is 0.487 e. The van der Waals surface area contributed by atoms with Crippen molar-refractivity contribution in [3.8, 4) is 11.5 Å². The Labute approximate surface area is 180 Å². The summed E-state index contributed by atoms with van der Waals surface area (Å²) in [7, 11) is 0. The summed E-state index contributed by atoms with van der Waals surface area (Å²) in [5.41, 5.74) is 4.54. The molecule has 0 aliphatic carbocycles. The molecule has 1 unspecified atom stereocenters. The van der Waals surface area contributed by atoms with Crippen molar-refractivity contribution < 1.29 is 24.1 Å². The second kappa shape index (κ2) is 12.0. The van der Waals surface area contributed by atoms with Crippen LogP contribution < -0.4 is 9.47 Å². The van der Waals surface area contributed by atoms with E-state index in [9.17, 15) is 0 Å². The van der Waals surface area contributed by atoms with Crippen LogP contribution in [0, 0.1) is 20.8 Å². The first-order chi connectivity index (χ1) is 13.9. The Kier molecular flexibility index (Phi) is 10.1. The van der Waals surface area contributed by atoms with E-state index in [0.717, 1.165) is 59.5 Å². The Morgan fingerprint density at radius 1 is 1.00 bits per heavy atom. The van der Waals surface area contributed by atoms with Gasteiger partial charge in [0.25, 0.3) is 0 Å². The van der Waals surface area contributed by atoms with E-state index < -0.39 is 0 Å². The molecular weight excluding hydrogens is 388 g/mol. The van der Waals surface area contributed by atoms with E-state index in [4.69, 9.17) is 14.7 Å². The number of unbranched alkanes of at least 4 members (excludes halogenated alkanes) is 6. The van der Waals surface area contributed by atoms with Crippen LogP contribution in [0.4, 0.5) is 0 Å². The molecule has 2 rings (SSSR count). The number of fused-ring (bicyclic) bond motifs is 1. The number of benzene rings is 1. The molecule has 6 heteroatoms. The number of ether oxygens (including phenoxy) is 2. The maximum Gasteiger partial charge on any atom is 0.162 e. The first-order valence-electron chi connectivity index (χ1n) is 11.0. The van der Waals surface area contributed by atoms with Crippen LogP contribution in [0.25, 0.3) is 0 Å². The average molecular weight is 427 g/mol. The molecule has 1 aromatic carbocycles. The van der Waals surface area contributed by atoms with Crippen molar-refractivity contribution in [1.82, 2.24) is 0 Å². The first-order valence-corrected chi connectivity index (χ1v) is 11.9. The van der Waals surface area contributed by atoms with Crippen molar-refractivity contribution in [2.45, 2.75) is 104 Å². The summed E-state index contributed by atoms with van der Waals surface area (Å²) >= 11 is 0.900. The number of hydrogen-bond donors (Lipinski definition) is 1. The molecule has 1 atom stereocenters. The maximum absolute atomic E-state index is 8.23. The molecule has 1 heterocycles. The molecule has 0 amide bonds. The molecule has 0 saturated carbocycles. The van der Waals surface area contributed by atoms with E-state index in [-0.39, 0.29) is 11.5 Å². The second-order valence-corrected chi connectivity index (χ2v) is 9.07. The Morgan fingerprint density at radius 3 is 2.38 bits per heavy atom. The van der Waals surface area contributed by atoms with Gasteiger partial charge < -0.3 is 9.47 Å². The van der Waals surface area contributed by atoms with Crippen molar-refractivity contribution in [2.24, 2.45) is 0 Å². The van der Waals surface area contributed by atoms with Gasteiger partial charge in [-0.25, -0.2) is 5.26 Å². The predicted molar refractivity (Wildman–Crippen MR) is 119 cm³/mol. The van der Waals surface area contributed by atoms with Crippen molar-refractivity contribution >= 4 is 12.0 Å². The minimum atomic E-state index is -0.0788. The van der Waals surface area contributed by atoms with Gasteiger partial charge in [-0.15, -0.1) is 4.33 Å². The molecule has 166 valence electrons. The highest BCUT2D eigenvalue weighted by atomic mass is 32.2. The monoisotopic (exact) mass is 426 g/mol. The lowest BCUT2D eigenvalue weighted by Gasteiger charge is -2.38. The average Bonchev–Trinajstić information content (AvgIpc) is 2.71. The highest BCUT2D eigenvalue weighted by Gasteiger charge is 2.34. The van der Waals surface area contributed by atoms with Gasteiger partial charge in [-0.1, -0.05) is 50.5 Å². The fourth-order valence-electron chi connectivity index (χ4n) is 4.25. The van der Waals surface area contributed by atoms with E-state index in [2.05, 4.69) is 44.0 Å². The molecule has 1 aromatic rings. The summed E-state index contributed by atoms with van der Waals surface area (Å²) in [5.74, 6) is 2.15. The van der Waals surface area contributed by atoms with Crippen LogP contribution in [0.1, 0.15) is 93.9 Å². The Balaban J connectivity index is 1.98. The van der Waals surface area contributed by atoms with Gasteiger partial charge in [-0.3, -0.25) is 0 Å². The van der Waals surface area contributed by atoms with Crippen LogP contribution in [-0.2, 0) is 15.8 Å². The van der Waals surface area contributed by atoms with E-state index in [1.807, 2.05) is 0 Å². The van der Waals surface area contributed by atoms with Crippen molar-refractivity contribution in [3.63, 3.8) is 0 Å². The molecule has 0 saturated heterocycles. The summed E-state index contributed by atoms with van der Waals surface area (Å²) < 4.78 is 16.9. The third-order valence-corrected chi connectivity index (χ3v) is 6.57. The Hall–Kier alpha value is -0.950. The molecule has 29 heavy (non-hydrogen) atoms. The van der Waals surface area contributed by atoms with Crippen LogP contribution in [0.15, 0.2) is 0 Å². The van der Waals surface area contributed by atoms with Crippen LogP contribution in [-0.4, -0.2) is 16.8 Å². The van der Waals surface area contributed by atoms with Crippen molar-refractivity contribution in [2.75, 3.05) is 5.94 Å². The molecule has 0 bridgehead atoms. The quantitative estimate of drug-likeness (QED) is 0.118. The molecule has 0 aromatic heterocycles. The molecule has 1 aliphatic heterocycles. The lowest BCUT2D eigenvalue weighted by molar-refractivity contribution is -0.432. The molecule has 5 nitrogen and oxygen atoms in total. The molecule has 0 radical (unpaired) electrons. The van der Waals surface area contributed by atoms with Crippen LogP contribution in [0.3, 0.4) is 0 Å². The smallest absolute Gasteiger partial charge is 0.162 e. The predicted octanol–water partition coefficient (Wildman–Crippen LogP) is 7.24. The minimum Gasteiger partial charge on any atom is -0.487 e. The van der Waals surface area contributed by atoms with Crippen LogP contribution >= 0.6 is 12.0 Å². The third kappa shape index (κ3) is 6.78. The zero-order chi connectivity index (χ0) is 21.3. The topological polar surface area (TPSA) is 57.2 Å². The van der Waals surface area contributed by atoms with E-state index in [1.54, 1.807) is 0 Å². The van der Waals surface area contributed by atoms with Crippen LogP contribution in [0.2, 0.25) is 0 Å². The standard InChI is InChI=1S/C23H38O5S/c1-6-7-8-9-10-11-12-14-23(5)15-13-20-19(4)21(25-16-29-28-27-24)17(2)18(3)22(20)26-23/h24H,6-16H2,1-5H3. The van der Waals surface area contributed by atoms with Gasteiger partial charge in [0.05, 0.1) is 12.0 Å². The van der Waals surface area contributed by atoms with Gasteiger partial charge in [0, 0.05) is 5.56 Å². The fourth-order valence-corrected chi connectivity index (χ4v) is 4.50. The van der Waals surface area contributed by atoms with Gasteiger partial charge in [0.2, 0.25) is 0 Å². The summed E-state index contributed by atoms with van der Waals surface area (Å²) in [6.45, 7) is 10.8. The van der Waals surface area contributed by atoms with Crippen molar-refractivity contribution in [3.05, 3.63) is 22.3 Å². The van der Waals surface area contributed by atoms with Gasteiger partial charge in [-0.2, -0.15) is 0 Å². The zero-order valence-electron chi connectivity index (χ0n) is 18.8. The summed E-state index contributed by atoms with van der Waals surface area (Å²) in [6.07, 6.45) is 12.4. The first kappa shape index (κ1) is 24.3. The second-order valence-electron chi connectivity index (χ2n) is 8.46. The molecule has 1 aliphatic rings. The summed E-state index contributed by atoms with van der Waals surface area (Å²) in [6, 6.07) is 0. The van der Waals surface area contributed by atoms with E-state index in [1.165, 1.54) is 50.5 Å². The lowest BCUT2D eigenvalue weighted by atomic mass is 9.84. The SMILES string of the molecule is CCCCCCCCCC1(C)CCc2c(C)c(OCSOOO)c(C)c(C)c2O1. The lowest BCUT2D eigenvalue weighted by Crippen LogP contribution is -2.37. The van der Waals surface area contributed by atoms with Crippen LogP contribution in [0.5, 0.6) is 11.5 Å². The van der Waals surface area contributed by atoms with E-state index in [0.29, 0.717) is 0 Å². The molecule has 0 spiro atoms. The highest BCUT2D eigenvalue weighted by Crippen LogP contribution is 2.45.